The highest BCUT2D eigenvalue weighted by Crippen LogP contribution is 2.17. The smallest absolute Gasteiger partial charge is 0.193 e. The quantitative estimate of drug-likeness (QED) is 0.376. The zero-order chi connectivity index (χ0) is 18.2. The van der Waals surface area contributed by atoms with Gasteiger partial charge in [0.15, 0.2) is 5.96 Å². The molecule has 146 valence electrons. The molecule has 0 saturated carbocycles. The molecule has 0 unspecified atom stereocenters. The number of guanidine groups is 1. The van der Waals surface area contributed by atoms with Gasteiger partial charge in [-0.05, 0) is 23.3 Å². The zero-order valence-corrected chi connectivity index (χ0v) is 17.9. The lowest BCUT2D eigenvalue weighted by molar-refractivity contribution is 0.0341. The maximum Gasteiger partial charge on any atom is 0.193 e. The minimum absolute atomic E-state index is 0. The molecule has 0 atom stereocenters. The first-order valence-electron chi connectivity index (χ1n) is 8.82. The van der Waals surface area contributed by atoms with E-state index in [2.05, 4.69) is 33.4 Å². The van der Waals surface area contributed by atoms with Crippen molar-refractivity contribution in [1.82, 2.24) is 4.90 Å². The van der Waals surface area contributed by atoms with Gasteiger partial charge < -0.3 is 20.5 Å². The Bertz CT molecular complexity index is 748. The number of nitrogens with two attached hydrogens (primary N) is 1. The van der Waals surface area contributed by atoms with Gasteiger partial charge in [0, 0.05) is 31.4 Å². The summed E-state index contributed by atoms with van der Waals surface area (Å²) in [6, 6.07) is 16.0. The first kappa shape index (κ1) is 21.5. The van der Waals surface area contributed by atoms with Crippen molar-refractivity contribution >= 4 is 35.6 Å². The molecule has 3 rings (SSSR count). The maximum absolute atomic E-state index is 6.05. The van der Waals surface area contributed by atoms with E-state index in [1.165, 1.54) is 11.1 Å². The summed E-state index contributed by atoms with van der Waals surface area (Å²) in [5, 5.41) is 3.11. The Labute approximate surface area is 177 Å². The Morgan fingerprint density at radius 3 is 2.63 bits per heavy atom. The first-order chi connectivity index (χ1) is 12.7. The van der Waals surface area contributed by atoms with Crippen LogP contribution in [0.4, 0.5) is 5.69 Å². The summed E-state index contributed by atoms with van der Waals surface area (Å²) in [6.07, 6.45) is 0. The third kappa shape index (κ3) is 6.67. The SMILES string of the molecule is COc1cccc(NC(N)=NCc2ccccc2CN2CCOCC2)c1.I. The summed E-state index contributed by atoms with van der Waals surface area (Å²) in [6.45, 7) is 5.01. The number of hydrogen-bond donors (Lipinski definition) is 2. The van der Waals surface area contributed by atoms with Crippen molar-refractivity contribution in [3.8, 4) is 5.75 Å². The molecule has 1 aliphatic heterocycles. The van der Waals surface area contributed by atoms with Crippen LogP contribution in [0.3, 0.4) is 0 Å². The Morgan fingerprint density at radius 2 is 1.89 bits per heavy atom. The molecular formula is C20H27IN4O2. The molecule has 2 aromatic carbocycles. The number of nitrogens with one attached hydrogen (secondary N) is 1. The third-order valence-corrected chi connectivity index (χ3v) is 4.38. The number of morpholine rings is 1. The topological polar surface area (TPSA) is 72.1 Å². The van der Waals surface area contributed by atoms with Crippen molar-refractivity contribution < 1.29 is 9.47 Å². The summed E-state index contributed by atoms with van der Waals surface area (Å²) < 4.78 is 10.6. The molecule has 0 aromatic heterocycles. The summed E-state index contributed by atoms with van der Waals surface area (Å²) in [5.41, 5.74) is 9.38. The van der Waals surface area contributed by atoms with Crippen molar-refractivity contribution in [2.24, 2.45) is 10.7 Å². The molecular weight excluding hydrogens is 455 g/mol. The summed E-state index contributed by atoms with van der Waals surface area (Å²) >= 11 is 0. The van der Waals surface area contributed by atoms with Gasteiger partial charge in [-0.3, -0.25) is 4.90 Å². The van der Waals surface area contributed by atoms with Crippen LogP contribution in [0.1, 0.15) is 11.1 Å². The van der Waals surface area contributed by atoms with Crippen molar-refractivity contribution in [2.75, 3.05) is 38.7 Å². The minimum atomic E-state index is 0. The van der Waals surface area contributed by atoms with Gasteiger partial charge in [-0.2, -0.15) is 0 Å². The van der Waals surface area contributed by atoms with Crippen LogP contribution in [0.2, 0.25) is 0 Å². The fourth-order valence-corrected chi connectivity index (χ4v) is 2.92. The van der Waals surface area contributed by atoms with Gasteiger partial charge >= 0.3 is 0 Å². The number of benzene rings is 2. The summed E-state index contributed by atoms with van der Waals surface area (Å²) in [5.74, 6) is 1.16. The van der Waals surface area contributed by atoms with E-state index >= 15 is 0 Å². The summed E-state index contributed by atoms with van der Waals surface area (Å²) in [4.78, 5) is 6.90. The van der Waals surface area contributed by atoms with Gasteiger partial charge in [0.1, 0.15) is 5.75 Å². The second kappa shape index (κ2) is 11.1. The van der Waals surface area contributed by atoms with Gasteiger partial charge in [-0.15, -0.1) is 24.0 Å². The normalized spacial score (nSPS) is 15.1. The molecule has 27 heavy (non-hydrogen) atoms. The number of ether oxygens (including phenoxy) is 2. The van der Waals surface area contributed by atoms with Crippen molar-refractivity contribution in [1.29, 1.82) is 0 Å². The van der Waals surface area contributed by atoms with Gasteiger partial charge in [-0.25, -0.2) is 4.99 Å². The number of anilines is 1. The predicted molar refractivity (Wildman–Crippen MR) is 120 cm³/mol. The van der Waals surface area contributed by atoms with E-state index in [0.717, 1.165) is 44.3 Å². The highest BCUT2D eigenvalue weighted by Gasteiger charge is 2.12. The minimum Gasteiger partial charge on any atom is -0.497 e. The molecule has 0 aliphatic carbocycles. The zero-order valence-electron chi connectivity index (χ0n) is 15.6. The highest BCUT2D eigenvalue weighted by atomic mass is 127. The Kier molecular flexibility index (Phi) is 8.83. The molecule has 0 spiro atoms. The molecule has 2 aromatic rings. The maximum atomic E-state index is 6.05. The van der Waals surface area contributed by atoms with Crippen LogP contribution in [0, 0.1) is 0 Å². The molecule has 1 saturated heterocycles. The van der Waals surface area contributed by atoms with Crippen LogP contribution in [0.5, 0.6) is 5.75 Å². The average molecular weight is 482 g/mol. The second-order valence-corrected chi connectivity index (χ2v) is 6.22. The Balaban J connectivity index is 0.00000261. The molecule has 0 radical (unpaired) electrons. The number of methoxy groups -OCH3 is 1. The predicted octanol–water partition coefficient (Wildman–Crippen LogP) is 3.07. The molecule has 3 N–H and O–H groups in total. The number of aliphatic imine (C=N–C) groups is 1. The van der Waals surface area contributed by atoms with Crippen LogP contribution in [0.15, 0.2) is 53.5 Å². The molecule has 0 amide bonds. The van der Waals surface area contributed by atoms with E-state index in [-0.39, 0.29) is 24.0 Å². The molecule has 1 heterocycles. The van der Waals surface area contributed by atoms with E-state index < -0.39 is 0 Å². The van der Waals surface area contributed by atoms with Gasteiger partial charge in [0.2, 0.25) is 0 Å². The van der Waals surface area contributed by atoms with Crippen LogP contribution in [-0.4, -0.2) is 44.3 Å². The van der Waals surface area contributed by atoms with Gasteiger partial charge in [0.05, 0.1) is 26.9 Å². The van der Waals surface area contributed by atoms with Gasteiger partial charge in [-0.1, -0.05) is 30.3 Å². The van der Waals surface area contributed by atoms with Crippen LogP contribution >= 0.6 is 24.0 Å². The van der Waals surface area contributed by atoms with Crippen LogP contribution < -0.4 is 15.8 Å². The summed E-state index contributed by atoms with van der Waals surface area (Å²) in [7, 11) is 1.64. The number of nitrogens with zero attached hydrogens (tertiary/aromatic N) is 2. The van der Waals surface area contributed by atoms with E-state index in [9.17, 15) is 0 Å². The molecule has 6 nitrogen and oxygen atoms in total. The Hall–Kier alpha value is -1.84. The van der Waals surface area contributed by atoms with E-state index in [1.807, 2.05) is 30.3 Å². The van der Waals surface area contributed by atoms with Crippen molar-refractivity contribution in [3.63, 3.8) is 0 Å². The van der Waals surface area contributed by atoms with E-state index in [1.54, 1.807) is 7.11 Å². The number of halogens is 1. The van der Waals surface area contributed by atoms with Crippen molar-refractivity contribution in [3.05, 3.63) is 59.7 Å². The lowest BCUT2D eigenvalue weighted by Gasteiger charge is -2.27. The van der Waals surface area contributed by atoms with E-state index in [4.69, 9.17) is 15.2 Å². The molecule has 1 aliphatic rings. The second-order valence-electron chi connectivity index (χ2n) is 6.22. The number of rotatable bonds is 6. The average Bonchev–Trinajstić information content (AvgIpc) is 2.68. The fraction of sp³-hybridized carbons (Fsp3) is 0.350. The first-order valence-corrected chi connectivity index (χ1v) is 8.82. The van der Waals surface area contributed by atoms with Gasteiger partial charge in [0.25, 0.3) is 0 Å². The largest absolute Gasteiger partial charge is 0.497 e. The fourth-order valence-electron chi connectivity index (χ4n) is 2.92. The van der Waals surface area contributed by atoms with Crippen molar-refractivity contribution in [2.45, 2.75) is 13.1 Å². The lowest BCUT2D eigenvalue weighted by atomic mass is 10.1. The Morgan fingerprint density at radius 1 is 1.15 bits per heavy atom. The monoisotopic (exact) mass is 482 g/mol. The lowest BCUT2D eigenvalue weighted by Crippen LogP contribution is -2.35. The highest BCUT2D eigenvalue weighted by molar-refractivity contribution is 14.0. The molecule has 0 bridgehead atoms. The molecule has 7 heteroatoms. The van der Waals surface area contributed by atoms with E-state index in [0.29, 0.717) is 12.5 Å². The van der Waals surface area contributed by atoms with Crippen LogP contribution in [-0.2, 0) is 17.8 Å². The standard InChI is InChI=1S/C20H26N4O2.HI/c1-25-19-8-4-7-18(13-19)23-20(21)22-14-16-5-2-3-6-17(16)15-24-9-11-26-12-10-24;/h2-8,13H,9-12,14-15H2,1H3,(H3,21,22,23);1H. The number of hydrogen-bond acceptors (Lipinski definition) is 4. The molecule has 1 fully saturated rings. The van der Waals surface area contributed by atoms with Crippen LogP contribution in [0.25, 0.3) is 0 Å². The third-order valence-electron chi connectivity index (χ3n) is 4.38.